The zero-order valence-electron chi connectivity index (χ0n) is 20.1. The van der Waals surface area contributed by atoms with Gasteiger partial charge in [0, 0.05) is 32.7 Å². The van der Waals surface area contributed by atoms with Crippen LogP contribution in [0.1, 0.15) is 23.6 Å². The van der Waals surface area contributed by atoms with E-state index < -0.39 is 0 Å². The topological polar surface area (TPSA) is 71.1 Å². The maximum atomic E-state index is 12.7. The molecule has 1 saturated heterocycles. The Morgan fingerprint density at radius 1 is 1.00 bits per heavy atom. The summed E-state index contributed by atoms with van der Waals surface area (Å²) in [6.07, 6.45) is 1.14. The Bertz CT molecular complexity index is 954. The summed E-state index contributed by atoms with van der Waals surface area (Å²) in [6, 6.07) is 13.6. The highest BCUT2D eigenvalue weighted by Crippen LogP contribution is 2.27. The van der Waals surface area contributed by atoms with Crippen molar-refractivity contribution in [3.8, 4) is 11.5 Å². The summed E-state index contributed by atoms with van der Waals surface area (Å²) in [4.78, 5) is 29.4. The standard InChI is InChI=1S/C26H35N3O4/c1-19-7-5-6-8-22(19)18-25(30)29-15-13-28(14-16-29)20(2)26(31)27-12-11-21-9-10-23(32-3)24(17-21)33-4/h5-10,17,20H,11-16,18H2,1-4H3,(H,27,31). The van der Waals surface area contributed by atoms with Gasteiger partial charge in [0.05, 0.1) is 26.7 Å². The first-order chi connectivity index (χ1) is 15.9. The van der Waals surface area contributed by atoms with Crippen LogP contribution in [0, 0.1) is 6.92 Å². The van der Waals surface area contributed by atoms with E-state index in [0.29, 0.717) is 57.1 Å². The van der Waals surface area contributed by atoms with Gasteiger partial charge >= 0.3 is 0 Å². The number of hydrogen-bond donors (Lipinski definition) is 1. The number of methoxy groups -OCH3 is 2. The molecule has 0 aliphatic carbocycles. The van der Waals surface area contributed by atoms with E-state index in [1.807, 2.05) is 61.2 Å². The zero-order chi connectivity index (χ0) is 23.8. The van der Waals surface area contributed by atoms with Gasteiger partial charge in [-0.1, -0.05) is 30.3 Å². The van der Waals surface area contributed by atoms with Crippen LogP contribution < -0.4 is 14.8 Å². The SMILES string of the molecule is COc1ccc(CCNC(=O)C(C)N2CCN(C(=O)Cc3ccccc3C)CC2)cc1OC. The molecule has 1 aliphatic rings. The van der Waals surface area contributed by atoms with Crippen molar-refractivity contribution in [2.45, 2.75) is 32.7 Å². The monoisotopic (exact) mass is 453 g/mol. The molecule has 0 radical (unpaired) electrons. The maximum absolute atomic E-state index is 12.7. The summed E-state index contributed by atoms with van der Waals surface area (Å²) in [6.45, 7) is 7.20. The molecule has 1 unspecified atom stereocenters. The molecule has 178 valence electrons. The molecule has 1 N–H and O–H groups in total. The lowest BCUT2D eigenvalue weighted by atomic mass is 10.0. The quantitative estimate of drug-likeness (QED) is 0.632. The van der Waals surface area contributed by atoms with Crippen LogP contribution in [0.25, 0.3) is 0 Å². The Morgan fingerprint density at radius 2 is 1.70 bits per heavy atom. The molecule has 0 aromatic heterocycles. The molecule has 2 aromatic carbocycles. The first-order valence-corrected chi connectivity index (χ1v) is 11.5. The fraction of sp³-hybridized carbons (Fsp3) is 0.462. The van der Waals surface area contributed by atoms with Gasteiger partial charge in [-0.25, -0.2) is 0 Å². The van der Waals surface area contributed by atoms with E-state index >= 15 is 0 Å². The summed E-state index contributed by atoms with van der Waals surface area (Å²) in [5, 5.41) is 3.03. The van der Waals surface area contributed by atoms with Gasteiger partial charge in [-0.2, -0.15) is 0 Å². The molecule has 7 nitrogen and oxygen atoms in total. The molecule has 0 spiro atoms. The molecule has 3 rings (SSSR count). The molecule has 1 atom stereocenters. The lowest BCUT2D eigenvalue weighted by Crippen LogP contribution is -2.55. The number of ether oxygens (including phenoxy) is 2. The first kappa shape index (κ1) is 24.6. The minimum Gasteiger partial charge on any atom is -0.493 e. The minimum atomic E-state index is -0.232. The molecule has 33 heavy (non-hydrogen) atoms. The number of aryl methyl sites for hydroxylation is 1. The van der Waals surface area contributed by atoms with Crippen LogP contribution in [0.15, 0.2) is 42.5 Å². The van der Waals surface area contributed by atoms with Crippen molar-refractivity contribution in [3.63, 3.8) is 0 Å². The van der Waals surface area contributed by atoms with E-state index in [9.17, 15) is 9.59 Å². The summed E-state index contributed by atoms with van der Waals surface area (Å²) in [5.74, 6) is 1.53. The highest BCUT2D eigenvalue weighted by atomic mass is 16.5. The van der Waals surface area contributed by atoms with Crippen LogP contribution in [0.3, 0.4) is 0 Å². The van der Waals surface area contributed by atoms with Gasteiger partial charge in [0.1, 0.15) is 0 Å². The number of nitrogens with zero attached hydrogens (tertiary/aromatic N) is 2. The van der Waals surface area contributed by atoms with Gasteiger partial charge in [0.25, 0.3) is 0 Å². The van der Waals surface area contributed by atoms with Crippen LogP contribution in [0.5, 0.6) is 11.5 Å². The van der Waals surface area contributed by atoms with Gasteiger partial charge in [-0.05, 0) is 49.1 Å². The summed E-state index contributed by atoms with van der Waals surface area (Å²) in [5.41, 5.74) is 3.29. The van der Waals surface area contributed by atoms with Gasteiger partial charge in [0.2, 0.25) is 11.8 Å². The van der Waals surface area contributed by atoms with Crippen molar-refractivity contribution >= 4 is 11.8 Å². The minimum absolute atomic E-state index is 0.00941. The van der Waals surface area contributed by atoms with Gasteiger partial charge in [-0.3, -0.25) is 14.5 Å². The van der Waals surface area contributed by atoms with Gasteiger partial charge in [-0.15, -0.1) is 0 Å². The van der Waals surface area contributed by atoms with Crippen LogP contribution in [0.4, 0.5) is 0 Å². The van der Waals surface area contributed by atoms with Crippen LogP contribution in [-0.2, 0) is 22.4 Å². The second-order valence-corrected chi connectivity index (χ2v) is 8.43. The van der Waals surface area contributed by atoms with Crippen molar-refractivity contribution in [2.75, 3.05) is 46.9 Å². The Hall–Kier alpha value is -3.06. The number of benzene rings is 2. The fourth-order valence-electron chi connectivity index (χ4n) is 4.12. The third-order valence-corrected chi connectivity index (χ3v) is 6.36. The predicted octanol–water partition coefficient (Wildman–Crippen LogP) is 2.45. The van der Waals surface area contributed by atoms with Crippen molar-refractivity contribution in [1.82, 2.24) is 15.1 Å². The average Bonchev–Trinajstić information content (AvgIpc) is 2.84. The normalized spacial score (nSPS) is 15.1. The molecular formula is C26H35N3O4. The zero-order valence-corrected chi connectivity index (χ0v) is 20.1. The molecule has 0 bridgehead atoms. The molecular weight excluding hydrogens is 418 g/mol. The van der Waals surface area contributed by atoms with Crippen molar-refractivity contribution in [2.24, 2.45) is 0 Å². The van der Waals surface area contributed by atoms with Gasteiger partial charge < -0.3 is 19.7 Å². The number of nitrogens with one attached hydrogen (secondary N) is 1. The lowest BCUT2D eigenvalue weighted by molar-refractivity contribution is -0.133. The molecule has 2 aromatic rings. The highest BCUT2D eigenvalue weighted by Gasteiger charge is 2.27. The Balaban J connectivity index is 1.42. The van der Waals surface area contributed by atoms with Crippen LogP contribution in [0.2, 0.25) is 0 Å². The summed E-state index contributed by atoms with van der Waals surface area (Å²) < 4.78 is 10.6. The largest absolute Gasteiger partial charge is 0.493 e. The number of carbonyl (C=O) groups is 2. The number of hydrogen-bond acceptors (Lipinski definition) is 5. The number of rotatable bonds is 9. The van der Waals surface area contributed by atoms with E-state index in [2.05, 4.69) is 10.2 Å². The Labute approximate surface area is 196 Å². The second kappa shape index (κ2) is 11.7. The number of carbonyl (C=O) groups excluding carboxylic acids is 2. The van der Waals surface area contributed by atoms with Gasteiger partial charge in [0.15, 0.2) is 11.5 Å². The molecule has 2 amide bonds. The van der Waals surface area contributed by atoms with Crippen LogP contribution >= 0.6 is 0 Å². The number of piperazine rings is 1. The van der Waals surface area contributed by atoms with E-state index in [1.165, 1.54) is 0 Å². The molecule has 1 aliphatic heterocycles. The lowest BCUT2D eigenvalue weighted by Gasteiger charge is -2.37. The second-order valence-electron chi connectivity index (χ2n) is 8.43. The van der Waals surface area contributed by atoms with Crippen molar-refractivity contribution in [1.29, 1.82) is 0 Å². The van der Waals surface area contributed by atoms with E-state index in [0.717, 1.165) is 16.7 Å². The highest BCUT2D eigenvalue weighted by molar-refractivity contribution is 5.81. The smallest absolute Gasteiger partial charge is 0.237 e. The molecule has 0 saturated carbocycles. The fourth-order valence-corrected chi connectivity index (χ4v) is 4.12. The summed E-state index contributed by atoms with van der Waals surface area (Å²) in [7, 11) is 3.22. The predicted molar refractivity (Wildman–Crippen MR) is 129 cm³/mol. The molecule has 7 heteroatoms. The molecule has 1 fully saturated rings. The first-order valence-electron chi connectivity index (χ1n) is 11.5. The number of amides is 2. The van der Waals surface area contributed by atoms with E-state index in [-0.39, 0.29) is 17.9 Å². The van der Waals surface area contributed by atoms with E-state index in [4.69, 9.17) is 9.47 Å². The molecule has 1 heterocycles. The maximum Gasteiger partial charge on any atom is 0.237 e. The van der Waals surface area contributed by atoms with E-state index in [1.54, 1.807) is 14.2 Å². The van der Waals surface area contributed by atoms with Crippen LogP contribution in [-0.4, -0.2) is 74.6 Å². The van der Waals surface area contributed by atoms with Crippen molar-refractivity contribution in [3.05, 3.63) is 59.2 Å². The Kier molecular flexibility index (Phi) is 8.72. The Morgan fingerprint density at radius 3 is 2.36 bits per heavy atom. The average molecular weight is 454 g/mol. The third kappa shape index (κ3) is 6.48. The van der Waals surface area contributed by atoms with Crippen molar-refractivity contribution < 1.29 is 19.1 Å². The summed E-state index contributed by atoms with van der Waals surface area (Å²) >= 11 is 0. The third-order valence-electron chi connectivity index (χ3n) is 6.36.